The molecule has 114 valence electrons. The lowest BCUT2D eigenvalue weighted by molar-refractivity contribution is 1.10. The molecule has 0 unspecified atom stereocenters. The zero-order valence-electron chi connectivity index (χ0n) is 11.9. The fraction of sp³-hybridized carbons (Fsp3) is 0.0625. The molecule has 0 bridgehead atoms. The third kappa shape index (κ3) is 2.40. The van der Waals surface area contributed by atoms with Crippen LogP contribution < -0.4 is 0 Å². The molecule has 2 aromatic carbocycles. The van der Waals surface area contributed by atoms with E-state index in [1.54, 1.807) is 18.5 Å². The second-order valence-corrected chi connectivity index (χ2v) is 6.93. The van der Waals surface area contributed by atoms with Crippen LogP contribution in [0.4, 0.5) is 0 Å². The zero-order chi connectivity index (χ0) is 16.1. The highest BCUT2D eigenvalue weighted by Crippen LogP contribution is 2.37. The van der Waals surface area contributed by atoms with Crippen LogP contribution in [0.15, 0.2) is 41.1 Å². The van der Waals surface area contributed by atoms with Gasteiger partial charge in [0.15, 0.2) is 5.65 Å². The number of hydrogen-bond acceptors (Lipinski definition) is 3. The molecule has 4 aromatic rings. The molecular weight excluding hydrogens is 399 g/mol. The van der Waals surface area contributed by atoms with Gasteiger partial charge in [-0.05, 0) is 37.3 Å². The topological polar surface area (TPSA) is 43.1 Å². The van der Waals surface area contributed by atoms with Gasteiger partial charge in [-0.3, -0.25) is 4.40 Å². The molecule has 0 spiro atoms. The van der Waals surface area contributed by atoms with E-state index in [1.807, 2.05) is 29.5 Å². The Morgan fingerprint density at radius 2 is 1.91 bits per heavy atom. The van der Waals surface area contributed by atoms with E-state index >= 15 is 0 Å². The summed E-state index contributed by atoms with van der Waals surface area (Å²) in [6, 6.07) is 9.38. The summed E-state index contributed by atoms with van der Waals surface area (Å²) in [6.07, 6.45) is 1.68. The molecular formula is C16H9BrCl2N4. The lowest BCUT2D eigenvalue weighted by Gasteiger charge is -2.11. The molecule has 2 heterocycles. The highest BCUT2D eigenvalue weighted by Gasteiger charge is 2.15. The Labute approximate surface area is 150 Å². The third-order valence-corrected chi connectivity index (χ3v) is 4.71. The highest BCUT2D eigenvalue weighted by molar-refractivity contribution is 9.10. The third-order valence-electron chi connectivity index (χ3n) is 3.68. The second-order valence-electron chi connectivity index (χ2n) is 5.17. The van der Waals surface area contributed by atoms with E-state index in [0.717, 1.165) is 38.0 Å². The van der Waals surface area contributed by atoms with Crippen molar-refractivity contribution in [3.05, 3.63) is 56.9 Å². The molecule has 7 heteroatoms. The van der Waals surface area contributed by atoms with Gasteiger partial charge in [-0.2, -0.15) is 0 Å². The molecule has 0 fully saturated rings. The minimum Gasteiger partial charge on any atom is -0.278 e. The van der Waals surface area contributed by atoms with Gasteiger partial charge in [-0.25, -0.2) is 4.98 Å². The Kier molecular flexibility index (Phi) is 3.52. The second kappa shape index (κ2) is 5.44. The fourth-order valence-corrected chi connectivity index (χ4v) is 3.51. The molecule has 4 rings (SSSR count). The summed E-state index contributed by atoms with van der Waals surface area (Å²) in [5.41, 5.74) is 5.00. The summed E-state index contributed by atoms with van der Waals surface area (Å²) >= 11 is 16.1. The van der Waals surface area contributed by atoms with E-state index in [4.69, 9.17) is 28.2 Å². The van der Waals surface area contributed by atoms with E-state index < -0.39 is 0 Å². The molecule has 23 heavy (non-hydrogen) atoms. The summed E-state index contributed by atoms with van der Waals surface area (Å²) < 4.78 is 2.83. The lowest BCUT2D eigenvalue weighted by atomic mass is 10.0. The van der Waals surface area contributed by atoms with Crippen LogP contribution >= 0.6 is 39.1 Å². The molecule has 4 nitrogen and oxygen atoms in total. The molecule has 0 radical (unpaired) electrons. The van der Waals surface area contributed by atoms with E-state index in [-0.39, 0.29) is 0 Å². The van der Waals surface area contributed by atoms with Crippen LogP contribution in [0.25, 0.3) is 27.8 Å². The SMILES string of the molecule is Cc1nc2c(-c3cc(Cl)ccc3Cl)cc(Br)cc2n2cnnc12. The van der Waals surface area contributed by atoms with Crippen LogP contribution in [0.5, 0.6) is 0 Å². The van der Waals surface area contributed by atoms with Gasteiger partial charge in [0, 0.05) is 25.6 Å². The van der Waals surface area contributed by atoms with E-state index in [0.29, 0.717) is 10.0 Å². The van der Waals surface area contributed by atoms with E-state index in [2.05, 4.69) is 26.1 Å². The Balaban J connectivity index is 2.19. The summed E-state index contributed by atoms with van der Waals surface area (Å²) in [7, 11) is 0. The molecule has 0 N–H and O–H groups in total. The van der Waals surface area contributed by atoms with Crippen molar-refractivity contribution in [1.82, 2.24) is 19.6 Å². The molecule has 0 amide bonds. The van der Waals surface area contributed by atoms with Gasteiger partial charge < -0.3 is 0 Å². The first-order valence-corrected chi connectivity index (χ1v) is 8.34. The number of aryl methyl sites for hydroxylation is 1. The van der Waals surface area contributed by atoms with Crippen molar-refractivity contribution in [1.29, 1.82) is 0 Å². The van der Waals surface area contributed by atoms with E-state index in [1.165, 1.54) is 0 Å². The number of rotatable bonds is 1. The van der Waals surface area contributed by atoms with Crippen LogP contribution in [0.1, 0.15) is 5.69 Å². The number of benzene rings is 2. The van der Waals surface area contributed by atoms with Gasteiger partial charge in [0.2, 0.25) is 0 Å². The van der Waals surface area contributed by atoms with Gasteiger partial charge in [0.25, 0.3) is 0 Å². The van der Waals surface area contributed by atoms with Gasteiger partial charge in [-0.15, -0.1) is 10.2 Å². The van der Waals surface area contributed by atoms with Crippen molar-refractivity contribution in [2.75, 3.05) is 0 Å². The molecule has 0 aliphatic carbocycles. The Hall–Kier alpha value is -1.69. The number of aromatic nitrogens is 4. The summed E-state index contributed by atoms with van der Waals surface area (Å²) in [6.45, 7) is 1.91. The zero-order valence-corrected chi connectivity index (χ0v) is 15.0. The number of nitrogens with zero attached hydrogens (tertiary/aromatic N) is 4. The van der Waals surface area contributed by atoms with Crippen molar-refractivity contribution in [3.63, 3.8) is 0 Å². The van der Waals surface area contributed by atoms with Crippen LogP contribution in [0.2, 0.25) is 10.0 Å². The minimum atomic E-state index is 0.622. The Morgan fingerprint density at radius 1 is 1.09 bits per heavy atom. The summed E-state index contributed by atoms with van der Waals surface area (Å²) in [5.74, 6) is 0. The Morgan fingerprint density at radius 3 is 2.74 bits per heavy atom. The van der Waals surface area contributed by atoms with E-state index in [9.17, 15) is 0 Å². The van der Waals surface area contributed by atoms with Gasteiger partial charge in [0.05, 0.1) is 16.7 Å². The van der Waals surface area contributed by atoms with Crippen LogP contribution in [-0.4, -0.2) is 19.6 Å². The molecule has 0 aliphatic heterocycles. The average molecular weight is 408 g/mol. The number of halogens is 3. The van der Waals surface area contributed by atoms with Crippen LogP contribution in [-0.2, 0) is 0 Å². The monoisotopic (exact) mass is 406 g/mol. The van der Waals surface area contributed by atoms with Gasteiger partial charge >= 0.3 is 0 Å². The quantitative estimate of drug-likeness (QED) is 0.428. The molecule has 0 saturated heterocycles. The minimum absolute atomic E-state index is 0.622. The van der Waals surface area contributed by atoms with Crippen molar-refractivity contribution in [2.45, 2.75) is 6.92 Å². The van der Waals surface area contributed by atoms with Gasteiger partial charge in [0.1, 0.15) is 6.33 Å². The number of hydrogen-bond donors (Lipinski definition) is 0. The predicted molar refractivity (Wildman–Crippen MR) is 96.2 cm³/mol. The maximum absolute atomic E-state index is 6.39. The normalized spacial score (nSPS) is 11.5. The smallest absolute Gasteiger partial charge is 0.182 e. The van der Waals surface area contributed by atoms with Crippen molar-refractivity contribution in [2.24, 2.45) is 0 Å². The summed E-state index contributed by atoms with van der Waals surface area (Å²) in [5, 5.41) is 9.35. The Bertz CT molecular complexity index is 1070. The summed E-state index contributed by atoms with van der Waals surface area (Å²) in [4.78, 5) is 4.72. The molecule has 0 aliphatic rings. The predicted octanol–water partition coefficient (Wildman–Crippen LogP) is 5.32. The van der Waals surface area contributed by atoms with Gasteiger partial charge in [-0.1, -0.05) is 39.1 Å². The van der Waals surface area contributed by atoms with Crippen molar-refractivity contribution >= 4 is 55.8 Å². The first-order chi connectivity index (χ1) is 11.0. The molecule has 2 aromatic heterocycles. The first kappa shape index (κ1) is 14.9. The van der Waals surface area contributed by atoms with Crippen molar-refractivity contribution < 1.29 is 0 Å². The maximum Gasteiger partial charge on any atom is 0.182 e. The molecule has 0 saturated carbocycles. The first-order valence-electron chi connectivity index (χ1n) is 6.79. The van der Waals surface area contributed by atoms with Crippen molar-refractivity contribution in [3.8, 4) is 11.1 Å². The maximum atomic E-state index is 6.39. The lowest BCUT2D eigenvalue weighted by Crippen LogP contribution is -1.97. The average Bonchev–Trinajstić information content (AvgIpc) is 3.01. The fourth-order valence-electron chi connectivity index (χ4n) is 2.67. The van der Waals surface area contributed by atoms with Crippen LogP contribution in [0.3, 0.4) is 0 Å². The number of fused-ring (bicyclic) bond motifs is 3. The standard InChI is InChI=1S/C16H9BrCl2N4/c1-8-16-22-20-7-23(16)14-5-9(17)4-12(15(14)21-8)11-6-10(18)2-3-13(11)19/h2-7H,1H3. The van der Waals surface area contributed by atoms with Crippen LogP contribution in [0, 0.1) is 6.92 Å². The highest BCUT2D eigenvalue weighted by atomic mass is 79.9. The largest absolute Gasteiger partial charge is 0.278 e. The molecule has 0 atom stereocenters.